The molecule has 1 aromatic heterocycles. The minimum Gasteiger partial charge on any atom is -0.313 e. The van der Waals surface area contributed by atoms with Crippen molar-refractivity contribution in [3.8, 4) is 0 Å². The van der Waals surface area contributed by atoms with Crippen LogP contribution in [0.4, 0.5) is 0 Å². The quantitative estimate of drug-likeness (QED) is 0.841. The van der Waals surface area contributed by atoms with Crippen LogP contribution in [0.3, 0.4) is 0 Å². The van der Waals surface area contributed by atoms with Crippen molar-refractivity contribution >= 4 is 0 Å². The Bertz CT molecular complexity index is 352. The van der Waals surface area contributed by atoms with Crippen molar-refractivity contribution in [3.05, 3.63) is 12.2 Å². The first-order chi connectivity index (χ1) is 8.65. The van der Waals surface area contributed by atoms with E-state index in [-0.39, 0.29) is 0 Å². The number of piperidine rings is 1. The summed E-state index contributed by atoms with van der Waals surface area (Å²) in [7, 11) is 1.91. The molecule has 5 heteroatoms. The van der Waals surface area contributed by atoms with Crippen LogP contribution >= 0.6 is 0 Å². The van der Waals surface area contributed by atoms with Crippen LogP contribution in [0.2, 0.25) is 0 Å². The van der Waals surface area contributed by atoms with E-state index in [1.54, 1.807) is 11.0 Å². The van der Waals surface area contributed by atoms with Gasteiger partial charge in [-0.3, -0.25) is 4.68 Å². The fourth-order valence-corrected chi connectivity index (χ4v) is 2.51. The van der Waals surface area contributed by atoms with Crippen LogP contribution in [0, 0.1) is 0 Å². The van der Waals surface area contributed by atoms with Gasteiger partial charge in [0.2, 0.25) is 0 Å². The third kappa shape index (κ3) is 3.78. The van der Waals surface area contributed by atoms with Gasteiger partial charge in [-0.1, -0.05) is 0 Å². The molecule has 0 aliphatic carbocycles. The van der Waals surface area contributed by atoms with E-state index in [1.807, 2.05) is 7.05 Å². The highest BCUT2D eigenvalue weighted by molar-refractivity contribution is 4.84. The van der Waals surface area contributed by atoms with Gasteiger partial charge in [-0.2, -0.15) is 5.10 Å². The lowest BCUT2D eigenvalue weighted by molar-refractivity contribution is 0.161. The molecule has 1 N–H and O–H groups in total. The van der Waals surface area contributed by atoms with Gasteiger partial charge in [0.25, 0.3) is 0 Å². The number of hydrogen-bond acceptors (Lipinski definition) is 4. The summed E-state index contributed by atoms with van der Waals surface area (Å²) in [5.74, 6) is 0.935. The SMILES string of the molecule is CC(C)N1CCC(NCCc2ncn(C)n2)CC1. The standard InChI is InChI=1S/C13H25N5/c1-11(2)18-8-5-12(6-9-18)14-7-4-13-15-10-17(3)16-13/h10-12,14H,4-9H2,1-3H3. The van der Waals surface area contributed by atoms with E-state index in [0.717, 1.165) is 18.8 Å². The zero-order valence-corrected chi connectivity index (χ0v) is 11.8. The molecule has 0 atom stereocenters. The molecule has 1 saturated heterocycles. The minimum absolute atomic E-state index is 0.670. The zero-order chi connectivity index (χ0) is 13.0. The first-order valence-corrected chi connectivity index (χ1v) is 6.97. The summed E-state index contributed by atoms with van der Waals surface area (Å²) in [5, 5.41) is 7.91. The maximum absolute atomic E-state index is 4.29. The Morgan fingerprint density at radius 1 is 1.39 bits per heavy atom. The summed E-state index contributed by atoms with van der Waals surface area (Å²) < 4.78 is 1.76. The van der Waals surface area contributed by atoms with Gasteiger partial charge in [0.05, 0.1) is 0 Å². The average Bonchev–Trinajstić information content (AvgIpc) is 2.76. The summed E-state index contributed by atoms with van der Waals surface area (Å²) >= 11 is 0. The zero-order valence-electron chi connectivity index (χ0n) is 11.8. The fraction of sp³-hybridized carbons (Fsp3) is 0.846. The maximum Gasteiger partial charge on any atom is 0.151 e. The van der Waals surface area contributed by atoms with Crippen LogP contribution in [-0.2, 0) is 13.5 Å². The Morgan fingerprint density at radius 2 is 2.11 bits per heavy atom. The van der Waals surface area contributed by atoms with E-state index in [1.165, 1.54) is 25.9 Å². The molecule has 0 bridgehead atoms. The summed E-state index contributed by atoms with van der Waals surface area (Å²) in [6.45, 7) is 7.98. The van der Waals surface area contributed by atoms with Gasteiger partial charge in [0.1, 0.15) is 6.33 Å². The van der Waals surface area contributed by atoms with Crippen molar-refractivity contribution < 1.29 is 0 Å². The van der Waals surface area contributed by atoms with E-state index < -0.39 is 0 Å². The lowest BCUT2D eigenvalue weighted by atomic mass is 10.0. The first-order valence-electron chi connectivity index (χ1n) is 6.97. The number of aryl methyl sites for hydroxylation is 1. The summed E-state index contributed by atoms with van der Waals surface area (Å²) in [6.07, 6.45) is 5.20. The number of nitrogens with zero attached hydrogens (tertiary/aromatic N) is 4. The minimum atomic E-state index is 0.670. The molecule has 5 nitrogen and oxygen atoms in total. The highest BCUT2D eigenvalue weighted by atomic mass is 15.3. The normalized spacial score (nSPS) is 18.7. The Morgan fingerprint density at radius 3 is 2.67 bits per heavy atom. The van der Waals surface area contributed by atoms with Crippen LogP contribution in [0.25, 0.3) is 0 Å². The van der Waals surface area contributed by atoms with Gasteiger partial charge >= 0.3 is 0 Å². The van der Waals surface area contributed by atoms with E-state index in [0.29, 0.717) is 12.1 Å². The predicted octanol–water partition coefficient (Wildman–Crippen LogP) is 0.820. The fourth-order valence-electron chi connectivity index (χ4n) is 2.51. The number of likely N-dealkylation sites (tertiary alicyclic amines) is 1. The third-order valence-corrected chi connectivity index (χ3v) is 3.69. The van der Waals surface area contributed by atoms with Crippen molar-refractivity contribution in [2.45, 2.75) is 45.2 Å². The van der Waals surface area contributed by atoms with Crippen molar-refractivity contribution in [1.82, 2.24) is 25.0 Å². The molecule has 1 aromatic rings. The summed E-state index contributed by atoms with van der Waals surface area (Å²) in [4.78, 5) is 6.79. The molecule has 0 amide bonds. The van der Waals surface area contributed by atoms with Gasteiger partial charge in [-0.25, -0.2) is 4.98 Å². The monoisotopic (exact) mass is 251 g/mol. The van der Waals surface area contributed by atoms with Crippen LogP contribution in [0.5, 0.6) is 0 Å². The molecule has 0 unspecified atom stereocenters. The second kappa shape index (κ2) is 6.29. The van der Waals surface area contributed by atoms with Crippen molar-refractivity contribution in [2.24, 2.45) is 7.05 Å². The molecular formula is C13H25N5. The van der Waals surface area contributed by atoms with Crippen molar-refractivity contribution in [3.63, 3.8) is 0 Å². The van der Waals surface area contributed by atoms with E-state index in [4.69, 9.17) is 0 Å². The summed E-state index contributed by atoms with van der Waals surface area (Å²) in [5.41, 5.74) is 0. The molecular weight excluding hydrogens is 226 g/mol. The topological polar surface area (TPSA) is 46.0 Å². The van der Waals surface area contributed by atoms with E-state index >= 15 is 0 Å². The lowest BCUT2D eigenvalue weighted by Crippen LogP contribution is -2.45. The van der Waals surface area contributed by atoms with Crippen molar-refractivity contribution in [1.29, 1.82) is 0 Å². The van der Waals surface area contributed by atoms with Gasteiger partial charge in [0.15, 0.2) is 5.82 Å². The average molecular weight is 251 g/mol. The molecule has 1 fully saturated rings. The molecule has 0 aromatic carbocycles. The smallest absolute Gasteiger partial charge is 0.151 e. The molecule has 1 aliphatic heterocycles. The second-order valence-electron chi connectivity index (χ2n) is 5.44. The molecule has 0 saturated carbocycles. The number of aromatic nitrogens is 3. The highest BCUT2D eigenvalue weighted by Gasteiger charge is 2.20. The summed E-state index contributed by atoms with van der Waals surface area (Å²) in [6, 6.07) is 1.35. The van der Waals surface area contributed by atoms with Gasteiger partial charge in [-0.15, -0.1) is 0 Å². The first kappa shape index (κ1) is 13.5. The van der Waals surface area contributed by atoms with Gasteiger partial charge < -0.3 is 10.2 Å². The van der Waals surface area contributed by atoms with Crippen LogP contribution in [0.15, 0.2) is 6.33 Å². The number of nitrogens with one attached hydrogen (secondary N) is 1. The largest absolute Gasteiger partial charge is 0.313 e. The highest BCUT2D eigenvalue weighted by Crippen LogP contribution is 2.12. The second-order valence-corrected chi connectivity index (χ2v) is 5.44. The molecule has 2 rings (SSSR count). The predicted molar refractivity (Wildman–Crippen MR) is 72.4 cm³/mol. The molecule has 18 heavy (non-hydrogen) atoms. The molecule has 0 spiro atoms. The molecule has 2 heterocycles. The molecule has 0 radical (unpaired) electrons. The van der Waals surface area contributed by atoms with Crippen LogP contribution < -0.4 is 5.32 Å². The van der Waals surface area contributed by atoms with Gasteiger partial charge in [0, 0.05) is 32.1 Å². The van der Waals surface area contributed by atoms with Gasteiger partial charge in [-0.05, 0) is 39.8 Å². The number of hydrogen-bond donors (Lipinski definition) is 1. The Hall–Kier alpha value is -0.940. The third-order valence-electron chi connectivity index (χ3n) is 3.69. The Labute approximate surface area is 110 Å². The lowest BCUT2D eigenvalue weighted by Gasteiger charge is -2.34. The van der Waals surface area contributed by atoms with E-state index in [9.17, 15) is 0 Å². The van der Waals surface area contributed by atoms with E-state index in [2.05, 4.69) is 34.1 Å². The molecule has 102 valence electrons. The molecule has 1 aliphatic rings. The number of rotatable bonds is 5. The van der Waals surface area contributed by atoms with Crippen LogP contribution in [0.1, 0.15) is 32.5 Å². The Balaban J connectivity index is 1.63. The van der Waals surface area contributed by atoms with Crippen molar-refractivity contribution in [2.75, 3.05) is 19.6 Å². The Kier molecular flexibility index (Phi) is 4.72. The van der Waals surface area contributed by atoms with Crippen LogP contribution in [-0.4, -0.2) is 51.4 Å². The maximum atomic E-state index is 4.29.